The highest BCUT2D eigenvalue weighted by Gasteiger charge is 2.08. The standard InChI is InChI=1S/C16H10ClN3S/c17-16-19-14(13-7-8-21-15(13)20-16)18-12-6-5-10-3-1-2-4-11(10)9-12/h1-9H,(H,18,19,20). The molecule has 0 bridgehead atoms. The first-order valence-corrected chi connectivity index (χ1v) is 7.72. The maximum atomic E-state index is 5.99. The maximum Gasteiger partial charge on any atom is 0.225 e. The Balaban J connectivity index is 1.80. The molecule has 0 fully saturated rings. The average Bonchev–Trinajstić information content (AvgIpc) is 2.95. The topological polar surface area (TPSA) is 37.8 Å². The smallest absolute Gasteiger partial charge is 0.225 e. The molecule has 0 aliphatic heterocycles. The van der Waals surface area contributed by atoms with Gasteiger partial charge in [0.2, 0.25) is 5.28 Å². The van der Waals surface area contributed by atoms with Gasteiger partial charge < -0.3 is 5.32 Å². The van der Waals surface area contributed by atoms with E-state index in [-0.39, 0.29) is 5.28 Å². The summed E-state index contributed by atoms with van der Waals surface area (Å²) >= 11 is 7.54. The molecular formula is C16H10ClN3S. The summed E-state index contributed by atoms with van der Waals surface area (Å²) in [4.78, 5) is 9.41. The highest BCUT2D eigenvalue weighted by Crippen LogP contribution is 2.29. The molecule has 3 nitrogen and oxygen atoms in total. The highest BCUT2D eigenvalue weighted by molar-refractivity contribution is 7.16. The first-order valence-electron chi connectivity index (χ1n) is 6.46. The fraction of sp³-hybridized carbons (Fsp3) is 0. The molecule has 0 aliphatic carbocycles. The Kier molecular flexibility index (Phi) is 2.98. The van der Waals surface area contributed by atoms with Crippen LogP contribution in [0.3, 0.4) is 0 Å². The molecule has 0 unspecified atom stereocenters. The molecule has 2 aromatic carbocycles. The fourth-order valence-electron chi connectivity index (χ4n) is 2.33. The summed E-state index contributed by atoms with van der Waals surface area (Å²) in [6.07, 6.45) is 0. The van der Waals surface area contributed by atoms with Gasteiger partial charge in [-0.1, -0.05) is 30.3 Å². The van der Waals surface area contributed by atoms with Crippen LogP contribution in [0.1, 0.15) is 0 Å². The zero-order valence-corrected chi connectivity index (χ0v) is 12.4. The molecule has 0 amide bonds. The molecule has 0 saturated heterocycles. The van der Waals surface area contributed by atoms with Gasteiger partial charge in [0.05, 0.1) is 5.39 Å². The maximum absolute atomic E-state index is 5.99. The number of thiophene rings is 1. The van der Waals surface area contributed by atoms with Crippen molar-refractivity contribution in [1.29, 1.82) is 0 Å². The van der Waals surface area contributed by atoms with Crippen LogP contribution in [-0.4, -0.2) is 9.97 Å². The first-order chi connectivity index (χ1) is 10.3. The van der Waals surface area contributed by atoms with Crippen LogP contribution < -0.4 is 5.32 Å². The van der Waals surface area contributed by atoms with Gasteiger partial charge in [0, 0.05) is 5.69 Å². The fourth-order valence-corrected chi connectivity index (χ4v) is 3.31. The number of nitrogens with zero attached hydrogens (tertiary/aromatic N) is 2. The van der Waals surface area contributed by atoms with Crippen LogP contribution in [0.2, 0.25) is 5.28 Å². The lowest BCUT2D eigenvalue weighted by Crippen LogP contribution is -1.95. The van der Waals surface area contributed by atoms with E-state index in [9.17, 15) is 0 Å². The van der Waals surface area contributed by atoms with Crippen LogP contribution in [0.15, 0.2) is 53.9 Å². The van der Waals surface area contributed by atoms with Gasteiger partial charge in [-0.3, -0.25) is 0 Å². The van der Waals surface area contributed by atoms with Crippen LogP contribution in [-0.2, 0) is 0 Å². The van der Waals surface area contributed by atoms with E-state index in [0.29, 0.717) is 0 Å². The van der Waals surface area contributed by atoms with E-state index >= 15 is 0 Å². The van der Waals surface area contributed by atoms with Crippen molar-refractivity contribution in [2.24, 2.45) is 0 Å². The van der Waals surface area contributed by atoms with Gasteiger partial charge in [0.1, 0.15) is 10.6 Å². The van der Waals surface area contributed by atoms with Crippen molar-refractivity contribution in [3.8, 4) is 0 Å². The van der Waals surface area contributed by atoms with Crippen LogP contribution in [0, 0.1) is 0 Å². The summed E-state index contributed by atoms with van der Waals surface area (Å²) in [5, 5.41) is 8.96. The summed E-state index contributed by atoms with van der Waals surface area (Å²) in [5.74, 6) is 0.738. The molecule has 5 heteroatoms. The predicted molar refractivity (Wildman–Crippen MR) is 89.7 cm³/mol. The molecule has 0 saturated carbocycles. The molecule has 102 valence electrons. The summed E-state index contributed by atoms with van der Waals surface area (Å²) < 4.78 is 0. The lowest BCUT2D eigenvalue weighted by molar-refractivity contribution is 1.23. The largest absolute Gasteiger partial charge is 0.340 e. The third-order valence-corrected chi connectivity index (χ3v) is 4.29. The molecule has 4 aromatic rings. The zero-order chi connectivity index (χ0) is 14.2. The Morgan fingerprint density at radius 3 is 2.71 bits per heavy atom. The number of hydrogen-bond acceptors (Lipinski definition) is 4. The number of halogens is 1. The number of fused-ring (bicyclic) bond motifs is 2. The Morgan fingerprint density at radius 1 is 0.952 bits per heavy atom. The molecular weight excluding hydrogens is 302 g/mol. The van der Waals surface area contributed by atoms with Crippen molar-refractivity contribution < 1.29 is 0 Å². The molecule has 0 spiro atoms. The van der Waals surface area contributed by atoms with Crippen LogP contribution in [0.4, 0.5) is 11.5 Å². The van der Waals surface area contributed by atoms with Crippen molar-refractivity contribution in [3.63, 3.8) is 0 Å². The Bertz CT molecular complexity index is 948. The van der Waals surface area contributed by atoms with Crippen molar-refractivity contribution in [2.75, 3.05) is 5.32 Å². The van der Waals surface area contributed by atoms with E-state index in [2.05, 4.69) is 39.6 Å². The molecule has 0 aliphatic rings. The number of anilines is 2. The van der Waals surface area contributed by atoms with Crippen molar-refractivity contribution in [1.82, 2.24) is 9.97 Å². The Hall–Kier alpha value is -2.17. The summed E-state index contributed by atoms with van der Waals surface area (Å²) in [6, 6.07) is 16.5. The minimum atomic E-state index is 0.258. The minimum Gasteiger partial charge on any atom is -0.340 e. The second-order valence-corrected chi connectivity index (χ2v) is 5.90. The predicted octanol–water partition coefficient (Wildman–Crippen LogP) is 5.24. The lowest BCUT2D eigenvalue weighted by atomic mass is 10.1. The molecule has 4 rings (SSSR count). The van der Waals surface area contributed by atoms with Gasteiger partial charge in [-0.15, -0.1) is 11.3 Å². The SMILES string of the molecule is Clc1nc(Nc2ccc3ccccc3c2)c2ccsc2n1. The Morgan fingerprint density at radius 2 is 1.81 bits per heavy atom. The molecule has 0 atom stereocenters. The van der Waals surface area contributed by atoms with E-state index in [1.165, 1.54) is 10.8 Å². The van der Waals surface area contributed by atoms with Crippen molar-refractivity contribution >= 4 is 55.4 Å². The van der Waals surface area contributed by atoms with Crippen LogP contribution >= 0.6 is 22.9 Å². The lowest BCUT2D eigenvalue weighted by Gasteiger charge is -2.08. The van der Waals surface area contributed by atoms with E-state index in [1.807, 2.05) is 29.6 Å². The number of nitrogens with one attached hydrogen (secondary N) is 1. The second kappa shape index (κ2) is 4.98. The highest BCUT2D eigenvalue weighted by atomic mass is 35.5. The molecule has 2 heterocycles. The van der Waals surface area contributed by atoms with Gasteiger partial charge in [0.15, 0.2) is 0 Å². The number of rotatable bonds is 2. The van der Waals surface area contributed by atoms with Gasteiger partial charge in [-0.05, 0) is 46.0 Å². The molecule has 1 N–H and O–H groups in total. The second-order valence-electron chi connectivity index (χ2n) is 4.67. The summed E-state index contributed by atoms with van der Waals surface area (Å²) in [6.45, 7) is 0. The third-order valence-electron chi connectivity index (χ3n) is 3.31. The van der Waals surface area contributed by atoms with E-state index in [1.54, 1.807) is 11.3 Å². The molecule has 0 radical (unpaired) electrons. The van der Waals surface area contributed by atoms with Crippen LogP contribution in [0.25, 0.3) is 21.0 Å². The zero-order valence-electron chi connectivity index (χ0n) is 10.9. The van der Waals surface area contributed by atoms with Gasteiger partial charge in [-0.25, -0.2) is 4.98 Å². The number of hydrogen-bond donors (Lipinski definition) is 1. The first kappa shape index (κ1) is 12.6. The molecule has 2 aromatic heterocycles. The van der Waals surface area contributed by atoms with Crippen LogP contribution in [0.5, 0.6) is 0 Å². The van der Waals surface area contributed by atoms with Gasteiger partial charge >= 0.3 is 0 Å². The minimum absolute atomic E-state index is 0.258. The van der Waals surface area contributed by atoms with Gasteiger partial charge in [-0.2, -0.15) is 4.98 Å². The van der Waals surface area contributed by atoms with E-state index < -0.39 is 0 Å². The monoisotopic (exact) mass is 311 g/mol. The Labute approximate surface area is 130 Å². The van der Waals surface area contributed by atoms with Gasteiger partial charge in [0.25, 0.3) is 0 Å². The van der Waals surface area contributed by atoms with Crippen molar-refractivity contribution in [2.45, 2.75) is 0 Å². The summed E-state index contributed by atoms with van der Waals surface area (Å²) in [7, 11) is 0. The van der Waals surface area contributed by atoms with E-state index in [0.717, 1.165) is 21.7 Å². The molecule has 21 heavy (non-hydrogen) atoms. The number of benzene rings is 2. The third kappa shape index (κ3) is 2.33. The average molecular weight is 312 g/mol. The number of aromatic nitrogens is 2. The quantitative estimate of drug-likeness (QED) is 0.514. The normalized spacial score (nSPS) is 11.1. The summed E-state index contributed by atoms with van der Waals surface area (Å²) in [5.41, 5.74) is 0.982. The van der Waals surface area contributed by atoms with Crippen molar-refractivity contribution in [3.05, 3.63) is 59.2 Å². The van der Waals surface area contributed by atoms with E-state index in [4.69, 9.17) is 11.6 Å².